The van der Waals surface area contributed by atoms with Crippen LogP contribution in [0.5, 0.6) is 0 Å². The summed E-state index contributed by atoms with van der Waals surface area (Å²) in [6.45, 7) is 14.9. The number of hydrogen-bond donors (Lipinski definition) is 0. The molecule has 2 aromatic rings. The highest BCUT2D eigenvalue weighted by Crippen LogP contribution is 2.44. The van der Waals surface area contributed by atoms with Gasteiger partial charge in [-0.15, -0.1) is 0 Å². The number of carbonyl (C=O) groups excluding carboxylic acids is 3. The van der Waals surface area contributed by atoms with Crippen molar-refractivity contribution in [3.8, 4) is 0 Å². The molecule has 4 rings (SSSR count). The fraction of sp³-hybridized carbons (Fsp3) is 0.680. The molecule has 14 heteroatoms. The highest BCUT2D eigenvalue weighted by molar-refractivity contribution is 6.12. The molecule has 0 spiro atoms. The molecule has 2 aromatic heterocycles. The van der Waals surface area contributed by atoms with Gasteiger partial charge in [0.25, 0.3) is 0 Å². The van der Waals surface area contributed by atoms with Gasteiger partial charge in [-0.2, -0.15) is 4.90 Å². The lowest BCUT2D eigenvalue weighted by Crippen LogP contribution is -2.44. The molecule has 2 aliphatic heterocycles. The highest BCUT2D eigenvalue weighted by atomic mass is 16.8. The first kappa shape index (κ1) is 28.6. The van der Waals surface area contributed by atoms with Gasteiger partial charge in [0.2, 0.25) is 0 Å². The molecule has 4 heterocycles. The molecule has 4 atom stereocenters. The predicted octanol–water partition coefficient (Wildman–Crippen LogP) is 3.48. The number of carbonyl (C=O) groups is 3. The van der Waals surface area contributed by atoms with Crippen LogP contribution in [0.2, 0.25) is 0 Å². The first-order chi connectivity index (χ1) is 18.0. The normalized spacial score (nSPS) is 24.3. The minimum atomic E-state index is -0.987. The maximum atomic E-state index is 13.2. The quantitative estimate of drug-likeness (QED) is 0.405. The van der Waals surface area contributed by atoms with E-state index in [1.165, 1.54) is 19.6 Å². The van der Waals surface area contributed by atoms with Crippen LogP contribution in [0.3, 0.4) is 0 Å². The number of nitrogens with zero attached hydrogens (tertiary/aromatic N) is 5. The lowest BCUT2D eigenvalue weighted by molar-refractivity contribution is -0.201. The first-order valence-corrected chi connectivity index (χ1v) is 12.5. The summed E-state index contributed by atoms with van der Waals surface area (Å²) in [5.74, 6) is -1.49. The highest BCUT2D eigenvalue weighted by Gasteiger charge is 2.56. The summed E-state index contributed by atoms with van der Waals surface area (Å²) in [7, 11) is 0. The van der Waals surface area contributed by atoms with E-state index in [0.29, 0.717) is 4.90 Å². The second-order valence-electron chi connectivity index (χ2n) is 11.7. The molecule has 0 aliphatic carbocycles. The fourth-order valence-corrected chi connectivity index (χ4v) is 4.27. The molecular formula is C25H35N5O9. The third-order valence-corrected chi connectivity index (χ3v) is 5.55. The van der Waals surface area contributed by atoms with Gasteiger partial charge in [-0.3, -0.25) is 9.36 Å². The third kappa shape index (κ3) is 6.28. The Hall–Kier alpha value is -3.36. The molecule has 0 bridgehead atoms. The number of aromatic nitrogens is 4. The van der Waals surface area contributed by atoms with Gasteiger partial charge in [-0.25, -0.2) is 24.5 Å². The minimum Gasteiger partial charge on any atom is -0.463 e. The average Bonchev–Trinajstić information content (AvgIpc) is 3.41. The molecule has 39 heavy (non-hydrogen) atoms. The molecule has 0 unspecified atom stereocenters. The number of esters is 1. The Kier molecular flexibility index (Phi) is 7.34. The van der Waals surface area contributed by atoms with Crippen molar-refractivity contribution in [1.82, 2.24) is 19.5 Å². The van der Waals surface area contributed by atoms with E-state index in [-0.39, 0.29) is 23.6 Å². The van der Waals surface area contributed by atoms with Gasteiger partial charge in [0.05, 0.1) is 6.33 Å². The van der Waals surface area contributed by atoms with Gasteiger partial charge in [0.1, 0.15) is 42.4 Å². The summed E-state index contributed by atoms with van der Waals surface area (Å²) < 4.78 is 36.1. The van der Waals surface area contributed by atoms with Gasteiger partial charge in [-0.1, -0.05) is 0 Å². The van der Waals surface area contributed by atoms with Gasteiger partial charge in [0.15, 0.2) is 29.0 Å². The number of imide groups is 1. The second kappa shape index (κ2) is 9.99. The fourth-order valence-electron chi connectivity index (χ4n) is 4.27. The smallest absolute Gasteiger partial charge is 0.425 e. The predicted molar refractivity (Wildman–Crippen MR) is 135 cm³/mol. The van der Waals surface area contributed by atoms with Gasteiger partial charge in [-0.05, 0) is 55.4 Å². The average molecular weight is 550 g/mol. The zero-order chi connectivity index (χ0) is 28.9. The van der Waals surface area contributed by atoms with Crippen molar-refractivity contribution in [3.63, 3.8) is 0 Å². The van der Waals surface area contributed by atoms with Gasteiger partial charge < -0.3 is 28.4 Å². The monoisotopic (exact) mass is 549 g/mol. The Morgan fingerprint density at radius 2 is 1.56 bits per heavy atom. The molecule has 0 radical (unpaired) electrons. The molecule has 214 valence electrons. The molecule has 0 aromatic carbocycles. The Bertz CT molecular complexity index is 1230. The summed E-state index contributed by atoms with van der Waals surface area (Å²) in [4.78, 5) is 51.4. The van der Waals surface area contributed by atoms with Crippen LogP contribution in [0.4, 0.5) is 15.4 Å². The summed E-state index contributed by atoms with van der Waals surface area (Å²) in [6.07, 6.45) is -1.87. The van der Waals surface area contributed by atoms with E-state index < -0.39 is 59.7 Å². The van der Waals surface area contributed by atoms with Crippen LogP contribution in [-0.2, 0) is 33.2 Å². The van der Waals surface area contributed by atoms with Gasteiger partial charge >= 0.3 is 18.2 Å². The van der Waals surface area contributed by atoms with Crippen LogP contribution in [0.25, 0.3) is 11.2 Å². The second-order valence-corrected chi connectivity index (χ2v) is 11.7. The van der Waals surface area contributed by atoms with E-state index in [2.05, 4.69) is 15.0 Å². The minimum absolute atomic E-state index is 0.0373. The van der Waals surface area contributed by atoms with E-state index in [4.69, 9.17) is 28.4 Å². The molecule has 2 saturated heterocycles. The van der Waals surface area contributed by atoms with Gasteiger partial charge in [0, 0.05) is 6.92 Å². The zero-order valence-electron chi connectivity index (χ0n) is 23.6. The Labute approximate surface area is 225 Å². The van der Waals surface area contributed by atoms with Crippen molar-refractivity contribution in [2.45, 2.75) is 104 Å². The van der Waals surface area contributed by atoms with Crippen molar-refractivity contribution in [3.05, 3.63) is 12.7 Å². The molecule has 0 saturated carbocycles. The summed E-state index contributed by atoms with van der Waals surface area (Å²) in [5.41, 5.74) is -1.43. The first-order valence-electron chi connectivity index (χ1n) is 12.5. The molecule has 14 nitrogen and oxygen atoms in total. The standard InChI is InChI=1S/C25H35N5O9/c1-13(31)34-10-14-16-17(37-25(8,9)36-16)20(35-14)29-12-28-15-18(29)26-11-27-19(15)30(21(32)38-23(2,3)4)22(33)39-24(5,6)7/h11-12,14,16-17,20H,10H2,1-9H3/t14-,16-,17-,20-/m1/s1. The molecule has 0 N–H and O–H groups in total. The van der Waals surface area contributed by atoms with Crippen molar-refractivity contribution in [1.29, 1.82) is 0 Å². The molecule has 2 aliphatic rings. The number of anilines is 1. The Morgan fingerprint density at radius 3 is 2.13 bits per heavy atom. The zero-order valence-corrected chi connectivity index (χ0v) is 23.6. The third-order valence-electron chi connectivity index (χ3n) is 5.55. The largest absolute Gasteiger partial charge is 0.463 e. The van der Waals surface area contributed by atoms with Crippen LogP contribution in [0.15, 0.2) is 12.7 Å². The van der Waals surface area contributed by atoms with E-state index in [1.807, 2.05) is 0 Å². The van der Waals surface area contributed by atoms with Crippen LogP contribution >= 0.6 is 0 Å². The lowest BCUT2D eigenvalue weighted by atomic mass is 10.1. The van der Waals surface area contributed by atoms with Crippen molar-refractivity contribution in [2.24, 2.45) is 0 Å². The van der Waals surface area contributed by atoms with Crippen LogP contribution in [-0.4, -0.2) is 79.6 Å². The summed E-state index contributed by atoms with van der Waals surface area (Å²) >= 11 is 0. The maximum absolute atomic E-state index is 13.2. The van der Waals surface area contributed by atoms with E-state index >= 15 is 0 Å². The van der Waals surface area contributed by atoms with E-state index in [1.54, 1.807) is 60.0 Å². The number of imidazole rings is 1. The number of hydrogen-bond acceptors (Lipinski definition) is 12. The lowest BCUT2D eigenvalue weighted by Gasteiger charge is -2.28. The van der Waals surface area contributed by atoms with Crippen molar-refractivity contribution in [2.75, 3.05) is 11.5 Å². The molecule has 2 amide bonds. The molecule has 2 fully saturated rings. The number of amides is 2. The Morgan fingerprint density at radius 1 is 0.974 bits per heavy atom. The summed E-state index contributed by atoms with van der Waals surface area (Å²) in [5, 5.41) is 0. The van der Waals surface area contributed by atoms with Crippen LogP contribution < -0.4 is 4.90 Å². The van der Waals surface area contributed by atoms with Crippen LogP contribution in [0, 0.1) is 0 Å². The number of fused-ring (bicyclic) bond motifs is 2. The van der Waals surface area contributed by atoms with Crippen molar-refractivity contribution >= 4 is 35.1 Å². The topological polar surface area (TPSA) is 153 Å². The molecular weight excluding hydrogens is 514 g/mol. The summed E-state index contributed by atoms with van der Waals surface area (Å²) in [6, 6.07) is 0. The maximum Gasteiger partial charge on any atom is 0.425 e. The SMILES string of the molecule is CC(=O)OC[C@H]1O[C@@H](n2cnc3c(N(C(=O)OC(C)(C)C)C(=O)OC(C)(C)C)ncnc32)[C@@H]2OC(C)(C)O[C@@H]21. The van der Waals surface area contributed by atoms with Crippen LogP contribution in [0.1, 0.15) is 68.5 Å². The van der Waals surface area contributed by atoms with E-state index in [0.717, 1.165) is 0 Å². The Balaban J connectivity index is 1.74. The van der Waals surface area contributed by atoms with E-state index in [9.17, 15) is 14.4 Å². The van der Waals surface area contributed by atoms with Crippen molar-refractivity contribution < 1.29 is 42.8 Å². The number of rotatable bonds is 4. The number of ether oxygens (including phenoxy) is 6.